The highest BCUT2D eigenvalue weighted by Gasteiger charge is 2.35. The quantitative estimate of drug-likeness (QED) is 0.143. The van der Waals surface area contributed by atoms with Crippen LogP contribution in [0, 0.1) is 0 Å². The predicted molar refractivity (Wildman–Crippen MR) is 252 cm³/mol. The topological polar surface area (TPSA) is 88.3 Å². The number of benzene rings is 2. The summed E-state index contributed by atoms with van der Waals surface area (Å²) in [7, 11) is 41.0. The van der Waals surface area contributed by atoms with E-state index in [1.54, 1.807) is 0 Å². The molecule has 0 saturated heterocycles. The van der Waals surface area contributed by atoms with Gasteiger partial charge in [0.15, 0.2) is 30.0 Å². The molecule has 0 aromatic heterocycles. The summed E-state index contributed by atoms with van der Waals surface area (Å²) in [5.41, 5.74) is 5.12. The van der Waals surface area contributed by atoms with Crippen molar-refractivity contribution in [1.29, 1.82) is 0 Å². The summed E-state index contributed by atoms with van der Waals surface area (Å²) in [6.07, 6.45) is 0. The van der Waals surface area contributed by atoms with Crippen LogP contribution < -0.4 is 0 Å². The zero-order chi connectivity index (χ0) is 43.5. The molecule has 322 valence electrons. The van der Waals surface area contributed by atoms with Gasteiger partial charge >= 0.3 is 0 Å². The third-order valence-corrected chi connectivity index (χ3v) is 24.5. The molecule has 0 spiro atoms. The number of hydrogen-bond acceptors (Lipinski definition) is 4. The maximum atomic E-state index is 5.85. The van der Waals surface area contributed by atoms with Gasteiger partial charge in [0.25, 0.3) is 0 Å². The van der Waals surface area contributed by atoms with Gasteiger partial charge in [0, 0.05) is 11.1 Å². The maximum Gasteiger partial charge on any atom is 0.171 e. The molecular formula is C36H78N16P4. The van der Waals surface area contributed by atoms with Crippen LogP contribution >= 0.6 is 30.0 Å². The fourth-order valence-corrected chi connectivity index (χ4v) is 20.4. The van der Waals surface area contributed by atoms with Crippen LogP contribution in [0.2, 0.25) is 0 Å². The minimum Gasteiger partial charge on any atom is -0.252 e. The lowest BCUT2D eigenvalue weighted by Gasteiger charge is -2.42. The van der Waals surface area contributed by atoms with Gasteiger partial charge in [0.2, 0.25) is 0 Å². The van der Waals surface area contributed by atoms with Crippen molar-refractivity contribution in [3.63, 3.8) is 0 Å². The molecular weight excluding hydrogens is 780 g/mol. The minimum atomic E-state index is -2.45. The van der Waals surface area contributed by atoms with Crippen LogP contribution in [0.1, 0.15) is 0 Å². The average molecular weight is 859 g/mol. The summed E-state index contributed by atoms with van der Waals surface area (Å²) < 4.78 is 50.4. The minimum absolute atomic E-state index is 0.830. The Labute approximate surface area is 343 Å². The normalized spacial score (nSPS) is 13.9. The van der Waals surface area contributed by atoms with Gasteiger partial charge in [-0.2, -0.15) is 0 Å². The highest BCUT2D eigenvalue weighted by atomic mass is 31.2. The molecule has 56 heavy (non-hydrogen) atoms. The molecule has 0 N–H and O–H groups in total. The summed E-state index contributed by atoms with van der Waals surface area (Å²) >= 11 is 0. The highest BCUT2D eigenvalue weighted by Crippen LogP contribution is 2.65. The van der Waals surface area contributed by atoms with Crippen molar-refractivity contribution in [1.82, 2.24) is 56.0 Å². The van der Waals surface area contributed by atoms with Crippen molar-refractivity contribution in [2.45, 2.75) is 0 Å². The summed E-state index contributed by atoms with van der Waals surface area (Å²) in [4.78, 5) is 0. The Kier molecular flexibility index (Phi) is 18.2. The molecule has 0 atom stereocenters. The van der Waals surface area contributed by atoms with Crippen LogP contribution in [0.15, 0.2) is 55.4 Å². The molecule has 0 bridgehead atoms. The first-order valence-electron chi connectivity index (χ1n) is 18.6. The summed E-state index contributed by atoms with van der Waals surface area (Å²) in [5.74, 6) is 0. The summed E-state index contributed by atoms with van der Waals surface area (Å²) in [6, 6.07) is 12.7. The average Bonchev–Trinajstić information content (AvgIpc) is 3.05. The molecule has 2 rings (SSSR count). The second-order valence-electron chi connectivity index (χ2n) is 16.1. The van der Waals surface area contributed by atoms with Gasteiger partial charge in [-0.3, -0.25) is 56.0 Å². The Hall–Kier alpha value is -1.12. The molecule has 16 nitrogen and oxygen atoms in total. The Morgan fingerprint density at radius 2 is 0.375 bits per heavy atom. The van der Waals surface area contributed by atoms with E-state index in [1.807, 2.05) is 0 Å². The molecule has 0 unspecified atom stereocenters. The summed E-state index contributed by atoms with van der Waals surface area (Å²) in [6.45, 7) is 0. The van der Waals surface area contributed by atoms with Crippen LogP contribution in [-0.2, 0) is 0 Å². The molecule has 0 radical (unpaired) electrons. The Morgan fingerprint density at radius 3 is 0.482 bits per heavy atom. The van der Waals surface area contributed by atoms with E-state index in [4.69, 9.17) is 19.0 Å². The Morgan fingerprint density at radius 1 is 0.250 bits per heavy atom. The van der Waals surface area contributed by atoms with Gasteiger partial charge < -0.3 is 0 Å². The van der Waals surface area contributed by atoms with Gasteiger partial charge in [-0.15, -0.1) is 0 Å². The van der Waals surface area contributed by atoms with E-state index in [9.17, 15) is 0 Å². The van der Waals surface area contributed by atoms with Crippen molar-refractivity contribution in [2.75, 3.05) is 169 Å². The molecule has 0 fully saturated rings. The monoisotopic (exact) mass is 859 g/mol. The van der Waals surface area contributed by atoms with E-state index >= 15 is 0 Å². The van der Waals surface area contributed by atoms with E-state index in [0.29, 0.717) is 0 Å². The zero-order valence-electron chi connectivity index (χ0n) is 39.4. The lowest BCUT2D eigenvalue weighted by molar-refractivity contribution is 0.474. The number of nitrogens with zero attached hydrogens (tertiary/aromatic N) is 16. The molecule has 0 aliphatic heterocycles. The fourth-order valence-electron chi connectivity index (χ4n) is 7.85. The maximum absolute atomic E-state index is 5.85. The first-order chi connectivity index (χ1) is 25.7. The molecule has 2 aromatic rings. The lowest BCUT2D eigenvalue weighted by atomic mass is 9.98. The third-order valence-electron chi connectivity index (χ3n) is 9.70. The molecule has 2 aromatic carbocycles. The Balaban J connectivity index is 3.87. The molecule has 0 aliphatic rings. The van der Waals surface area contributed by atoms with Crippen molar-refractivity contribution >= 4 is 52.8 Å². The van der Waals surface area contributed by atoms with E-state index in [2.05, 4.69) is 262 Å². The SMILES string of the molecule is CN(C)P(=Nc1cccc(N=P(N(C)C)(N(C)C)N(C)C)c1-c1c(N=P(N(C)C)(N(C)C)N(C)C)cccc1N=P(N(C)C)(N(C)C)N(C)C)(N(C)C)N(C)C. The van der Waals surface area contributed by atoms with Crippen molar-refractivity contribution in [3.05, 3.63) is 36.4 Å². The van der Waals surface area contributed by atoms with Gasteiger partial charge in [-0.25, -0.2) is 19.0 Å². The van der Waals surface area contributed by atoms with Crippen molar-refractivity contribution in [2.24, 2.45) is 19.0 Å². The van der Waals surface area contributed by atoms with E-state index in [1.165, 1.54) is 0 Å². The standard InChI is InChI=1S/C36H78N16P4/c1-41(2)53(42(3)4,43(5)6)37-31-27-25-28-32(38-54(44(7)8,45(9)10)46(11)12)35(31)36-33(39-55(47(13)14,48(15)16)49(17)18)29-26-30-34(36)40-56(50(19)20,51(21)22)52(23)24/h25-30H,1-24H3. The van der Waals surface area contributed by atoms with Gasteiger partial charge in [-0.05, 0) is 193 Å². The molecule has 0 amide bonds. The van der Waals surface area contributed by atoms with Gasteiger partial charge in [0.1, 0.15) is 0 Å². The number of rotatable bonds is 17. The number of hydrogen-bond donors (Lipinski definition) is 0. The van der Waals surface area contributed by atoms with Gasteiger partial charge in [-0.1, -0.05) is 12.1 Å². The first kappa shape index (κ1) is 51.0. The van der Waals surface area contributed by atoms with E-state index in [-0.39, 0.29) is 0 Å². The Bertz CT molecular complexity index is 1490. The van der Waals surface area contributed by atoms with Crippen molar-refractivity contribution in [3.8, 4) is 11.1 Å². The molecule has 0 heterocycles. The first-order valence-corrected chi connectivity index (χ1v) is 25.0. The van der Waals surface area contributed by atoms with Crippen LogP contribution in [0.4, 0.5) is 22.7 Å². The third kappa shape index (κ3) is 9.43. The zero-order valence-corrected chi connectivity index (χ0v) is 43.0. The van der Waals surface area contributed by atoms with Crippen LogP contribution in [0.5, 0.6) is 0 Å². The van der Waals surface area contributed by atoms with E-state index < -0.39 is 30.0 Å². The predicted octanol–water partition coefficient (Wildman–Crippen LogP) is 8.40. The van der Waals surface area contributed by atoms with Crippen LogP contribution in [0.3, 0.4) is 0 Å². The van der Waals surface area contributed by atoms with Gasteiger partial charge in [0.05, 0.1) is 22.7 Å². The van der Waals surface area contributed by atoms with Crippen LogP contribution in [0.25, 0.3) is 11.1 Å². The van der Waals surface area contributed by atoms with Crippen molar-refractivity contribution < 1.29 is 0 Å². The van der Waals surface area contributed by atoms with Crippen LogP contribution in [-0.4, -0.2) is 225 Å². The highest BCUT2D eigenvalue weighted by molar-refractivity contribution is 7.60. The fraction of sp³-hybridized carbons (Fsp3) is 0.667. The second-order valence-corrected chi connectivity index (χ2v) is 30.7. The molecule has 0 saturated carbocycles. The molecule has 20 heteroatoms. The van der Waals surface area contributed by atoms with E-state index in [0.717, 1.165) is 33.9 Å². The second kappa shape index (κ2) is 20.0. The molecule has 0 aliphatic carbocycles. The smallest absolute Gasteiger partial charge is 0.171 e. The lowest BCUT2D eigenvalue weighted by Crippen LogP contribution is -2.30. The largest absolute Gasteiger partial charge is 0.252 e. The summed E-state index contributed by atoms with van der Waals surface area (Å²) in [5, 5.41) is 0.